The molecule has 3 rings (SSSR count). The van der Waals surface area contributed by atoms with E-state index in [1.807, 2.05) is 36.4 Å². The van der Waals surface area contributed by atoms with Crippen molar-refractivity contribution in [3.63, 3.8) is 0 Å². The lowest BCUT2D eigenvalue weighted by Crippen LogP contribution is -2.02. The Bertz CT molecular complexity index is 835. The molecule has 0 unspecified atom stereocenters. The van der Waals surface area contributed by atoms with Gasteiger partial charge in [0.2, 0.25) is 5.16 Å². The Labute approximate surface area is 144 Å². The lowest BCUT2D eigenvalue weighted by molar-refractivity contribution is 0.410. The van der Waals surface area contributed by atoms with Crippen LogP contribution in [0.15, 0.2) is 47.6 Å². The summed E-state index contributed by atoms with van der Waals surface area (Å²) in [6.45, 7) is 2.06. The summed E-state index contributed by atoms with van der Waals surface area (Å²) in [6.07, 6.45) is 0. The van der Waals surface area contributed by atoms with Crippen LogP contribution in [0.5, 0.6) is 11.5 Å². The van der Waals surface area contributed by atoms with E-state index in [-0.39, 0.29) is 0 Å². The highest BCUT2D eigenvalue weighted by Gasteiger charge is 2.14. The molecule has 24 heavy (non-hydrogen) atoms. The minimum absolute atomic E-state index is 0.697. The van der Waals surface area contributed by atoms with Crippen LogP contribution in [-0.4, -0.2) is 34.4 Å². The van der Waals surface area contributed by atoms with E-state index >= 15 is 0 Å². The van der Waals surface area contributed by atoms with Gasteiger partial charge < -0.3 is 9.47 Å². The Kier molecular flexibility index (Phi) is 5.00. The maximum absolute atomic E-state index is 5.43. The van der Waals surface area contributed by atoms with Crippen molar-refractivity contribution in [1.82, 2.24) is 20.2 Å². The molecule has 0 aliphatic heterocycles. The fraction of sp³-hybridized carbons (Fsp3) is 0.235. The van der Waals surface area contributed by atoms with Gasteiger partial charge in [-0.2, -0.15) is 4.68 Å². The second-order valence-corrected chi connectivity index (χ2v) is 6.09. The van der Waals surface area contributed by atoms with Crippen LogP contribution in [0, 0.1) is 6.92 Å². The summed E-state index contributed by atoms with van der Waals surface area (Å²) in [7, 11) is 3.31. The maximum atomic E-state index is 5.43. The van der Waals surface area contributed by atoms with Crippen molar-refractivity contribution in [3.8, 4) is 17.2 Å². The van der Waals surface area contributed by atoms with Crippen LogP contribution in [0.1, 0.15) is 11.1 Å². The minimum Gasteiger partial charge on any atom is -0.496 e. The van der Waals surface area contributed by atoms with Crippen LogP contribution in [0.2, 0.25) is 0 Å². The molecule has 0 bridgehead atoms. The van der Waals surface area contributed by atoms with Crippen molar-refractivity contribution in [2.45, 2.75) is 17.8 Å². The predicted octanol–water partition coefficient (Wildman–Crippen LogP) is 3.28. The zero-order valence-corrected chi connectivity index (χ0v) is 14.6. The highest BCUT2D eigenvalue weighted by molar-refractivity contribution is 7.98. The van der Waals surface area contributed by atoms with Gasteiger partial charge in [0.1, 0.15) is 17.2 Å². The zero-order chi connectivity index (χ0) is 16.9. The van der Waals surface area contributed by atoms with Gasteiger partial charge in [-0.3, -0.25) is 0 Å². The lowest BCUT2D eigenvalue weighted by atomic mass is 10.1. The molecule has 3 aromatic rings. The fourth-order valence-electron chi connectivity index (χ4n) is 2.39. The summed E-state index contributed by atoms with van der Waals surface area (Å²) >= 11 is 1.55. The smallest absolute Gasteiger partial charge is 0.214 e. The lowest BCUT2D eigenvalue weighted by Gasteiger charge is -2.10. The van der Waals surface area contributed by atoms with Crippen molar-refractivity contribution in [1.29, 1.82) is 0 Å². The Morgan fingerprint density at radius 3 is 2.62 bits per heavy atom. The molecule has 0 spiro atoms. The SMILES string of the molecule is COc1ccc(C)cc1CSc1nnnn1-c1ccccc1OC. The molecule has 1 aromatic heterocycles. The Hall–Kier alpha value is -2.54. The highest BCUT2D eigenvalue weighted by Crippen LogP contribution is 2.30. The van der Waals surface area contributed by atoms with Gasteiger partial charge in [-0.15, -0.1) is 5.10 Å². The third-order valence-corrected chi connectivity index (χ3v) is 4.52. The van der Waals surface area contributed by atoms with E-state index < -0.39 is 0 Å². The van der Waals surface area contributed by atoms with Gasteiger partial charge in [0.15, 0.2) is 0 Å². The number of ether oxygens (including phenoxy) is 2. The standard InChI is InChI=1S/C17H18N4O2S/c1-12-8-9-15(22-2)13(10-12)11-24-17-18-19-20-21(17)14-6-4-5-7-16(14)23-3/h4-10H,11H2,1-3H3. The van der Waals surface area contributed by atoms with Crippen LogP contribution in [-0.2, 0) is 5.75 Å². The number of benzene rings is 2. The summed E-state index contributed by atoms with van der Waals surface area (Å²) in [6, 6.07) is 13.8. The molecule has 2 aromatic carbocycles. The molecule has 0 saturated carbocycles. The predicted molar refractivity (Wildman–Crippen MR) is 93.0 cm³/mol. The molecule has 0 fully saturated rings. The third kappa shape index (κ3) is 3.35. The van der Waals surface area contributed by atoms with Crippen LogP contribution in [0.4, 0.5) is 0 Å². The van der Waals surface area contributed by atoms with E-state index in [9.17, 15) is 0 Å². The first-order valence-electron chi connectivity index (χ1n) is 7.41. The number of aromatic nitrogens is 4. The van der Waals surface area contributed by atoms with Gasteiger partial charge in [-0.05, 0) is 35.5 Å². The molecule has 0 saturated heterocycles. The van der Waals surface area contributed by atoms with Crippen LogP contribution >= 0.6 is 11.8 Å². The van der Waals surface area contributed by atoms with E-state index in [1.165, 1.54) is 5.56 Å². The van der Waals surface area contributed by atoms with Crippen molar-refractivity contribution >= 4 is 11.8 Å². The van der Waals surface area contributed by atoms with E-state index in [2.05, 4.69) is 28.5 Å². The second kappa shape index (κ2) is 7.35. The number of rotatable bonds is 6. The van der Waals surface area contributed by atoms with Crippen molar-refractivity contribution in [2.24, 2.45) is 0 Å². The van der Waals surface area contributed by atoms with Crippen molar-refractivity contribution in [2.75, 3.05) is 14.2 Å². The summed E-state index contributed by atoms with van der Waals surface area (Å²) in [5.41, 5.74) is 3.11. The third-order valence-electron chi connectivity index (χ3n) is 3.55. The van der Waals surface area contributed by atoms with E-state index in [1.54, 1.807) is 30.7 Å². The van der Waals surface area contributed by atoms with E-state index in [0.717, 1.165) is 22.7 Å². The Morgan fingerprint density at radius 2 is 1.83 bits per heavy atom. The molecule has 6 nitrogen and oxygen atoms in total. The number of thioether (sulfide) groups is 1. The van der Waals surface area contributed by atoms with Crippen LogP contribution in [0.3, 0.4) is 0 Å². The highest BCUT2D eigenvalue weighted by atomic mass is 32.2. The molecule has 0 N–H and O–H groups in total. The largest absolute Gasteiger partial charge is 0.496 e. The number of hydrogen-bond acceptors (Lipinski definition) is 6. The van der Waals surface area contributed by atoms with Gasteiger partial charge in [0, 0.05) is 11.3 Å². The number of hydrogen-bond donors (Lipinski definition) is 0. The number of nitrogens with zero attached hydrogens (tertiary/aromatic N) is 4. The summed E-state index contributed by atoms with van der Waals surface area (Å²) in [4.78, 5) is 0. The topological polar surface area (TPSA) is 62.1 Å². The summed E-state index contributed by atoms with van der Waals surface area (Å²) in [5, 5.41) is 12.7. The maximum Gasteiger partial charge on any atom is 0.214 e. The van der Waals surface area contributed by atoms with E-state index in [0.29, 0.717) is 10.9 Å². The molecular weight excluding hydrogens is 324 g/mol. The fourth-order valence-corrected chi connectivity index (χ4v) is 3.25. The van der Waals surface area contributed by atoms with Crippen molar-refractivity contribution < 1.29 is 9.47 Å². The average molecular weight is 342 g/mol. The van der Waals surface area contributed by atoms with Gasteiger partial charge >= 0.3 is 0 Å². The minimum atomic E-state index is 0.697. The molecule has 0 aliphatic rings. The average Bonchev–Trinajstić information content (AvgIpc) is 3.08. The molecular formula is C17H18N4O2S. The molecule has 7 heteroatoms. The number of para-hydroxylation sites is 2. The second-order valence-electron chi connectivity index (χ2n) is 5.15. The van der Waals surface area contributed by atoms with Crippen LogP contribution in [0.25, 0.3) is 5.69 Å². The normalized spacial score (nSPS) is 10.6. The first kappa shape index (κ1) is 16.3. The number of methoxy groups -OCH3 is 2. The summed E-state index contributed by atoms with van der Waals surface area (Å²) < 4.78 is 12.5. The van der Waals surface area contributed by atoms with E-state index in [4.69, 9.17) is 9.47 Å². The molecule has 1 heterocycles. The molecule has 0 aliphatic carbocycles. The first-order chi connectivity index (χ1) is 11.7. The van der Waals surface area contributed by atoms with Gasteiger partial charge in [0.25, 0.3) is 0 Å². The van der Waals surface area contributed by atoms with Gasteiger partial charge in [-0.25, -0.2) is 0 Å². The molecule has 124 valence electrons. The number of tetrazole rings is 1. The molecule has 0 amide bonds. The van der Waals surface area contributed by atoms with Crippen LogP contribution < -0.4 is 9.47 Å². The monoisotopic (exact) mass is 342 g/mol. The summed E-state index contributed by atoms with van der Waals surface area (Å²) in [5.74, 6) is 2.30. The number of aryl methyl sites for hydroxylation is 1. The quantitative estimate of drug-likeness (QED) is 0.641. The van der Waals surface area contributed by atoms with Crippen molar-refractivity contribution in [3.05, 3.63) is 53.6 Å². The zero-order valence-electron chi connectivity index (χ0n) is 13.8. The molecule has 0 atom stereocenters. The van der Waals surface area contributed by atoms with Gasteiger partial charge in [0.05, 0.1) is 14.2 Å². The Balaban J connectivity index is 1.86. The first-order valence-corrected chi connectivity index (χ1v) is 8.39. The van der Waals surface area contributed by atoms with Gasteiger partial charge in [-0.1, -0.05) is 41.6 Å². The Morgan fingerprint density at radius 1 is 1.04 bits per heavy atom. The molecule has 0 radical (unpaired) electrons.